The van der Waals surface area contributed by atoms with Gasteiger partial charge in [-0.15, -0.1) is 0 Å². The minimum Gasteiger partial charge on any atom is -0.316 e. The number of pyridine rings is 1. The van der Waals surface area contributed by atoms with Gasteiger partial charge in [0, 0.05) is 25.4 Å². The molecule has 3 aromatic heterocycles. The number of allylic oxidation sites excluding steroid dienone is 3. The van der Waals surface area contributed by atoms with Crippen molar-refractivity contribution in [2.45, 2.75) is 6.42 Å². The van der Waals surface area contributed by atoms with Gasteiger partial charge in [-0.3, -0.25) is 4.40 Å². The first-order valence-electron chi connectivity index (χ1n) is 6.00. The van der Waals surface area contributed by atoms with E-state index in [4.69, 9.17) is 0 Å². The van der Waals surface area contributed by atoms with Gasteiger partial charge in [-0.2, -0.15) is 0 Å². The molecule has 0 radical (unpaired) electrons. The summed E-state index contributed by atoms with van der Waals surface area (Å²) in [5.41, 5.74) is 4.32. The van der Waals surface area contributed by atoms with Gasteiger partial charge in [-0.05, 0) is 18.2 Å². The van der Waals surface area contributed by atoms with Crippen molar-refractivity contribution in [1.29, 1.82) is 0 Å². The Morgan fingerprint density at radius 1 is 1.28 bits per heavy atom. The van der Waals surface area contributed by atoms with Crippen LogP contribution in [0, 0.1) is 0 Å². The standard InChI is InChI=1S/C14H12N4/c1-17-11-7-3-2-4-8-12(11)18-13-10(16-14(17)18)6-5-9-15-13/h2-6,8-9H,7H2,1H3. The lowest BCUT2D eigenvalue weighted by atomic mass is 10.2. The molecule has 0 aromatic carbocycles. The Morgan fingerprint density at radius 2 is 2.22 bits per heavy atom. The average molecular weight is 236 g/mol. The summed E-state index contributed by atoms with van der Waals surface area (Å²) in [6.07, 6.45) is 11.2. The molecule has 1 aliphatic carbocycles. The van der Waals surface area contributed by atoms with Crippen molar-refractivity contribution < 1.29 is 0 Å². The van der Waals surface area contributed by atoms with E-state index < -0.39 is 0 Å². The first-order chi connectivity index (χ1) is 8.86. The van der Waals surface area contributed by atoms with Crippen LogP contribution in [0.25, 0.3) is 23.0 Å². The molecule has 0 atom stereocenters. The van der Waals surface area contributed by atoms with Crippen LogP contribution in [-0.4, -0.2) is 18.9 Å². The van der Waals surface area contributed by atoms with E-state index in [9.17, 15) is 0 Å². The first kappa shape index (κ1) is 9.65. The fourth-order valence-electron chi connectivity index (χ4n) is 2.59. The molecule has 0 bridgehead atoms. The second-order valence-corrected chi connectivity index (χ2v) is 4.48. The molecule has 0 fully saturated rings. The topological polar surface area (TPSA) is 35.1 Å². The zero-order valence-corrected chi connectivity index (χ0v) is 10.0. The molecular weight excluding hydrogens is 224 g/mol. The number of nitrogens with zero attached hydrogens (tertiary/aromatic N) is 4. The van der Waals surface area contributed by atoms with E-state index in [-0.39, 0.29) is 0 Å². The van der Waals surface area contributed by atoms with Crippen LogP contribution < -0.4 is 0 Å². The molecule has 4 nitrogen and oxygen atoms in total. The number of aryl methyl sites for hydroxylation is 1. The molecule has 0 saturated heterocycles. The van der Waals surface area contributed by atoms with Crippen molar-refractivity contribution in [3.05, 3.63) is 47.9 Å². The minimum absolute atomic E-state index is 0.927. The minimum atomic E-state index is 0.927. The Bertz CT molecular complexity index is 817. The fraction of sp³-hybridized carbons (Fsp3) is 0.143. The monoisotopic (exact) mass is 236 g/mol. The van der Waals surface area contributed by atoms with Crippen molar-refractivity contribution in [3.8, 4) is 0 Å². The predicted octanol–water partition coefficient (Wildman–Crippen LogP) is 2.35. The summed E-state index contributed by atoms with van der Waals surface area (Å²) in [6.45, 7) is 0. The van der Waals surface area contributed by atoms with Crippen molar-refractivity contribution in [3.63, 3.8) is 0 Å². The molecule has 4 rings (SSSR count). The summed E-state index contributed by atoms with van der Waals surface area (Å²) < 4.78 is 4.28. The van der Waals surface area contributed by atoms with Crippen LogP contribution in [0.5, 0.6) is 0 Å². The number of hydrogen-bond donors (Lipinski definition) is 0. The van der Waals surface area contributed by atoms with Gasteiger partial charge in [-0.1, -0.05) is 18.2 Å². The van der Waals surface area contributed by atoms with E-state index in [1.165, 1.54) is 11.4 Å². The lowest BCUT2D eigenvalue weighted by Crippen LogP contribution is -1.96. The molecule has 0 aliphatic heterocycles. The number of hydrogen-bond acceptors (Lipinski definition) is 2. The first-order valence-corrected chi connectivity index (χ1v) is 6.00. The van der Waals surface area contributed by atoms with E-state index in [0.717, 1.165) is 23.4 Å². The Hall–Kier alpha value is -2.36. The van der Waals surface area contributed by atoms with Gasteiger partial charge in [0.15, 0.2) is 5.65 Å². The number of aromatic nitrogens is 4. The fourth-order valence-corrected chi connectivity index (χ4v) is 2.59. The molecule has 0 N–H and O–H groups in total. The highest BCUT2D eigenvalue weighted by Crippen LogP contribution is 2.24. The van der Waals surface area contributed by atoms with Crippen LogP contribution in [0.2, 0.25) is 0 Å². The van der Waals surface area contributed by atoms with Crippen LogP contribution in [0.1, 0.15) is 11.4 Å². The van der Waals surface area contributed by atoms with E-state index in [0.29, 0.717) is 0 Å². The molecule has 3 aromatic rings. The van der Waals surface area contributed by atoms with Gasteiger partial charge in [-0.25, -0.2) is 9.97 Å². The molecule has 4 heteroatoms. The highest BCUT2D eigenvalue weighted by molar-refractivity contribution is 5.78. The molecule has 88 valence electrons. The van der Waals surface area contributed by atoms with Crippen LogP contribution in [0.4, 0.5) is 0 Å². The van der Waals surface area contributed by atoms with Gasteiger partial charge in [0.25, 0.3) is 0 Å². The molecule has 0 spiro atoms. The second kappa shape index (κ2) is 3.32. The van der Waals surface area contributed by atoms with Gasteiger partial charge >= 0.3 is 0 Å². The molecule has 0 unspecified atom stereocenters. The Kier molecular flexibility index (Phi) is 1.78. The third-order valence-corrected chi connectivity index (χ3v) is 3.45. The molecule has 1 aliphatic rings. The summed E-state index contributed by atoms with van der Waals surface area (Å²) in [5.74, 6) is 0.952. The zero-order chi connectivity index (χ0) is 12.1. The van der Waals surface area contributed by atoms with Crippen LogP contribution in [0.15, 0.2) is 36.6 Å². The normalized spacial score (nSPS) is 14.3. The molecule has 18 heavy (non-hydrogen) atoms. The van der Waals surface area contributed by atoms with Crippen molar-refractivity contribution in [2.24, 2.45) is 7.05 Å². The largest absolute Gasteiger partial charge is 0.316 e. The van der Waals surface area contributed by atoms with E-state index in [1.54, 1.807) is 0 Å². The van der Waals surface area contributed by atoms with Gasteiger partial charge in [0.05, 0.1) is 5.69 Å². The zero-order valence-electron chi connectivity index (χ0n) is 10.0. The summed E-state index contributed by atoms with van der Waals surface area (Å²) >= 11 is 0. The maximum Gasteiger partial charge on any atom is 0.216 e. The van der Waals surface area contributed by atoms with E-state index in [2.05, 4.69) is 50.3 Å². The third-order valence-electron chi connectivity index (χ3n) is 3.45. The lowest BCUT2D eigenvalue weighted by molar-refractivity contribution is 0.874. The van der Waals surface area contributed by atoms with Gasteiger partial charge < -0.3 is 4.57 Å². The summed E-state index contributed by atoms with van der Waals surface area (Å²) in [6, 6.07) is 3.92. The average Bonchev–Trinajstić information content (AvgIpc) is 2.76. The maximum absolute atomic E-state index is 4.66. The van der Waals surface area contributed by atoms with Crippen molar-refractivity contribution in [1.82, 2.24) is 18.9 Å². The summed E-state index contributed by atoms with van der Waals surface area (Å²) in [4.78, 5) is 9.11. The highest BCUT2D eigenvalue weighted by Gasteiger charge is 2.17. The number of imidazole rings is 2. The predicted molar refractivity (Wildman–Crippen MR) is 71.3 cm³/mol. The molecular formula is C14H12N4. The third kappa shape index (κ3) is 1.09. The molecule has 3 heterocycles. The maximum atomic E-state index is 4.66. The Labute approximate surface area is 104 Å². The molecule has 0 amide bonds. The van der Waals surface area contributed by atoms with Gasteiger partial charge in [0.1, 0.15) is 5.52 Å². The lowest BCUT2D eigenvalue weighted by Gasteiger charge is -1.99. The Balaban J connectivity index is 2.23. The summed E-state index contributed by atoms with van der Waals surface area (Å²) in [7, 11) is 2.06. The van der Waals surface area contributed by atoms with Crippen LogP contribution in [0.3, 0.4) is 0 Å². The number of rotatable bonds is 0. The molecule has 0 saturated carbocycles. The smallest absolute Gasteiger partial charge is 0.216 e. The van der Waals surface area contributed by atoms with Crippen LogP contribution >= 0.6 is 0 Å². The number of fused-ring (bicyclic) bond motifs is 5. The van der Waals surface area contributed by atoms with E-state index >= 15 is 0 Å². The van der Waals surface area contributed by atoms with E-state index in [1.807, 2.05) is 18.3 Å². The second-order valence-electron chi connectivity index (χ2n) is 4.48. The van der Waals surface area contributed by atoms with Crippen molar-refractivity contribution >= 4 is 23.0 Å². The SMILES string of the molecule is Cn1c2c(n3c4ncccc4nc13)C=CC=CC2. The quantitative estimate of drug-likeness (QED) is 0.600. The Morgan fingerprint density at radius 3 is 3.17 bits per heavy atom. The van der Waals surface area contributed by atoms with Crippen LogP contribution in [-0.2, 0) is 13.5 Å². The highest BCUT2D eigenvalue weighted by atomic mass is 15.2. The summed E-state index contributed by atoms with van der Waals surface area (Å²) in [5, 5.41) is 0. The van der Waals surface area contributed by atoms with Crippen molar-refractivity contribution in [2.75, 3.05) is 0 Å². The van der Waals surface area contributed by atoms with Gasteiger partial charge in [0.2, 0.25) is 5.78 Å².